The summed E-state index contributed by atoms with van der Waals surface area (Å²) in [7, 11) is 3.39. The molecule has 1 aliphatic rings. The number of ether oxygens (including phenoxy) is 1. The smallest absolute Gasteiger partial charge is 0.115 e. The molecule has 1 saturated heterocycles. The zero-order chi connectivity index (χ0) is 9.35. The Morgan fingerprint density at radius 3 is 2.25 bits per heavy atom. The average Bonchev–Trinajstić information content (AvgIpc) is 1.83. The second-order valence-electron chi connectivity index (χ2n) is 4.23. The molecule has 0 aromatic heterocycles. The van der Waals surface area contributed by atoms with Gasteiger partial charge in [-0.05, 0) is 20.3 Å². The number of likely N-dealkylation sites (N-methyl/N-ethyl adjacent to an activating group) is 1. The fourth-order valence-electron chi connectivity index (χ4n) is 1.98. The standard InChI is InChI=1S/C9H19NO2/c1-7-5-6-9(8(2)12-7)10(3,4)11/h7-9H,5-6H2,1-4H3. The van der Waals surface area contributed by atoms with Gasteiger partial charge in [0, 0.05) is 6.42 Å². The Balaban J connectivity index is 2.57. The summed E-state index contributed by atoms with van der Waals surface area (Å²) >= 11 is 0. The predicted octanol–water partition coefficient (Wildman–Crippen LogP) is 1.52. The van der Waals surface area contributed by atoms with Gasteiger partial charge in [0.1, 0.15) is 12.1 Å². The molecular formula is C9H19NO2. The molecule has 0 aromatic rings. The van der Waals surface area contributed by atoms with Crippen molar-refractivity contribution in [2.75, 3.05) is 14.1 Å². The monoisotopic (exact) mass is 173 g/mol. The van der Waals surface area contributed by atoms with Crippen LogP contribution in [0, 0.1) is 5.21 Å². The molecule has 3 atom stereocenters. The van der Waals surface area contributed by atoms with E-state index in [2.05, 4.69) is 6.92 Å². The molecule has 1 fully saturated rings. The lowest BCUT2D eigenvalue weighted by Gasteiger charge is -2.47. The zero-order valence-electron chi connectivity index (χ0n) is 8.41. The first-order chi connectivity index (χ1) is 5.41. The van der Waals surface area contributed by atoms with Gasteiger partial charge in [0.05, 0.1) is 20.2 Å². The molecule has 1 rings (SSSR count). The Hall–Kier alpha value is -0.120. The Morgan fingerprint density at radius 2 is 1.83 bits per heavy atom. The van der Waals surface area contributed by atoms with Gasteiger partial charge in [-0.25, -0.2) is 0 Å². The first-order valence-corrected chi connectivity index (χ1v) is 4.61. The van der Waals surface area contributed by atoms with Gasteiger partial charge in [0.2, 0.25) is 0 Å². The molecular weight excluding hydrogens is 154 g/mol. The summed E-state index contributed by atoms with van der Waals surface area (Å²) in [5.74, 6) is 0. The molecule has 72 valence electrons. The number of rotatable bonds is 1. The zero-order valence-corrected chi connectivity index (χ0v) is 8.41. The lowest BCUT2D eigenvalue weighted by atomic mass is 9.99. The summed E-state index contributed by atoms with van der Waals surface area (Å²) in [5.41, 5.74) is 0. The molecule has 3 nitrogen and oxygen atoms in total. The van der Waals surface area contributed by atoms with Crippen LogP contribution in [-0.4, -0.2) is 37.0 Å². The van der Waals surface area contributed by atoms with Crippen molar-refractivity contribution in [1.29, 1.82) is 0 Å². The van der Waals surface area contributed by atoms with Crippen LogP contribution in [0.3, 0.4) is 0 Å². The third-order valence-corrected chi connectivity index (χ3v) is 2.66. The fraction of sp³-hybridized carbons (Fsp3) is 1.00. The summed E-state index contributed by atoms with van der Waals surface area (Å²) < 4.78 is 5.38. The van der Waals surface area contributed by atoms with Crippen LogP contribution in [0.2, 0.25) is 0 Å². The molecule has 3 unspecified atom stereocenters. The van der Waals surface area contributed by atoms with Crippen LogP contribution in [0.5, 0.6) is 0 Å². The Morgan fingerprint density at radius 1 is 1.25 bits per heavy atom. The molecule has 3 heteroatoms. The van der Waals surface area contributed by atoms with E-state index in [4.69, 9.17) is 4.74 Å². The Labute approximate surface area is 74.5 Å². The van der Waals surface area contributed by atoms with Crippen LogP contribution in [-0.2, 0) is 4.74 Å². The van der Waals surface area contributed by atoms with Crippen LogP contribution in [0.25, 0.3) is 0 Å². The first-order valence-electron chi connectivity index (χ1n) is 4.61. The molecule has 0 radical (unpaired) electrons. The summed E-state index contributed by atoms with van der Waals surface area (Å²) in [6, 6.07) is 0.112. The minimum absolute atomic E-state index is 0.0984. The molecule has 0 N–H and O–H groups in total. The van der Waals surface area contributed by atoms with Crippen LogP contribution in [0.1, 0.15) is 26.7 Å². The first kappa shape index (κ1) is 9.96. The largest absolute Gasteiger partial charge is 0.633 e. The summed E-state index contributed by atoms with van der Waals surface area (Å²) in [6.45, 7) is 4.07. The van der Waals surface area contributed by atoms with Crippen molar-refractivity contribution >= 4 is 0 Å². The topological polar surface area (TPSA) is 32.3 Å². The second-order valence-corrected chi connectivity index (χ2v) is 4.23. The van der Waals surface area contributed by atoms with Crippen LogP contribution >= 0.6 is 0 Å². The number of hydroxylamine groups is 3. The molecule has 0 bridgehead atoms. The van der Waals surface area contributed by atoms with E-state index in [1.165, 1.54) is 0 Å². The fourth-order valence-corrected chi connectivity index (χ4v) is 1.98. The number of hydrogen-bond donors (Lipinski definition) is 0. The van der Waals surface area contributed by atoms with E-state index in [1.54, 1.807) is 14.1 Å². The van der Waals surface area contributed by atoms with Gasteiger partial charge in [0.15, 0.2) is 0 Å². The van der Waals surface area contributed by atoms with Gasteiger partial charge in [0.25, 0.3) is 0 Å². The molecule has 0 spiro atoms. The highest BCUT2D eigenvalue weighted by molar-refractivity contribution is 4.75. The molecule has 0 aromatic carbocycles. The maximum absolute atomic E-state index is 11.6. The van der Waals surface area contributed by atoms with Gasteiger partial charge < -0.3 is 14.6 Å². The maximum atomic E-state index is 11.6. The molecule has 1 aliphatic heterocycles. The quantitative estimate of drug-likeness (QED) is 0.445. The van der Waals surface area contributed by atoms with Crippen molar-refractivity contribution < 1.29 is 9.38 Å². The third kappa shape index (κ3) is 2.19. The van der Waals surface area contributed by atoms with E-state index in [0.717, 1.165) is 12.8 Å². The van der Waals surface area contributed by atoms with Crippen molar-refractivity contribution in [3.63, 3.8) is 0 Å². The van der Waals surface area contributed by atoms with E-state index in [9.17, 15) is 5.21 Å². The van der Waals surface area contributed by atoms with Crippen molar-refractivity contribution in [3.05, 3.63) is 5.21 Å². The van der Waals surface area contributed by atoms with E-state index in [1.807, 2.05) is 6.92 Å². The van der Waals surface area contributed by atoms with E-state index < -0.39 is 0 Å². The van der Waals surface area contributed by atoms with E-state index in [-0.39, 0.29) is 16.8 Å². The molecule has 1 heterocycles. The van der Waals surface area contributed by atoms with E-state index >= 15 is 0 Å². The van der Waals surface area contributed by atoms with Crippen molar-refractivity contribution in [3.8, 4) is 0 Å². The molecule has 0 saturated carbocycles. The van der Waals surface area contributed by atoms with Crippen molar-refractivity contribution in [1.82, 2.24) is 0 Å². The van der Waals surface area contributed by atoms with Crippen LogP contribution in [0.15, 0.2) is 0 Å². The minimum Gasteiger partial charge on any atom is -0.633 e. The van der Waals surface area contributed by atoms with Crippen molar-refractivity contribution in [2.24, 2.45) is 0 Å². The Bertz CT molecular complexity index is 153. The number of hydrogen-bond acceptors (Lipinski definition) is 2. The van der Waals surface area contributed by atoms with Gasteiger partial charge in [-0.3, -0.25) is 0 Å². The van der Waals surface area contributed by atoms with Gasteiger partial charge in [-0.1, -0.05) is 0 Å². The molecule has 0 aliphatic carbocycles. The average molecular weight is 173 g/mol. The number of quaternary nitrogens is 1. The summed E-state index contributed by atoms with van der Waals surface area (Å²) in [4.78, 5) is 0. The predicted molar refractivity (Wildman–Crippen MR) is 48.5 cm³/mol. The highest BCUT2D eigenvalue weighted by Crippen LogP contribution is 2.25. The highest BCUT2D eigenvalue weighted by Gasteiger charge is 2.33. The minimum atomic E-state index is -0.228. The van der Waals surface area contributed by atoms with Gasteiger partial charge in [-0.2, -0.15) is 0 Å². The normalized spacial score (nSPS) is 38.2. The lowest BCUT2D eigenvalue weighted by molar-refractivity contribution is -0.872. The molecule has 0 amide bonds. The SMILES string of the molecule is CC1CCC([N+](C)(C)[O-])C(C)O1. The third-order valence-electron chi connectivity index (χ3n) is 2.66. The summed E-state index contributed by atoms with van der Waals surface area (Å²) in [6.07, 6.45) is 2.42. The highest BCUT2D eigenvalue weighted by atomic mass is 16.6. The van der Waals surface area contributed by atoms with Crippen LogP contribution < -0.4 is 0 Å². The van der Waals surface area contributed by atoms with Crippen molar-refractivity contribution in [2.45, 2.75) is 44.9 Å². The lowest BCUT2D eigenvalue weighted by Crippen LogP contribution is -2.53. The Kier molecular flexibility index (Phi) is 2.76. The molecule has 12 heavy (non-hydrogen) atoms. The number of nitrogens with zero attached hydrogens (tertiary/aromatic N) is 1. The van der Waals surface area contributed by atoms with E-state index in [0.29, 0.717) is 6.10 Å². The van der Waals surface area contributed by atoms with Crippen LogP contribution in [0.4, 0.5) is 0 Å². The second kappa shape index (κ2) is 3.32. The van der Waals surface area contributed by atoms with Gasteiger partial charge >= 0.3 is 0 Å². The summed E-state index contributed by atoms with van der Waals surface area (Å²) in [5, 5.41) is 11.6. The van der Waals surface area contributed by atoms with Gasteiger partial charge in [-0.15, -0.1) is 0 Å². The maximum Gasteiger partial charge on any atom is 0.115 e.